The maximum absolute atomic E-state index is 11.7. The molecule has 1 aromatic rings. The van der Waals surface area contributed by atoms with Gasteiger partial charge in [-0.15, -0.1) is 0 Å². The van der Waals surface area contributed by atoms with Gasteiger partial charge in [0.15, 0.2) is 0 Å². The number of carbonyl (C=O) groups is 1. The predicted octanol–water partition coefficient (Wildman–Crippen LogP) is -0.0332. The van der Waals surface area contributed by atoms with E-state index in [2.05, 4.69) is 20.5 Å². The Balaban J connectivity index is 2.51. The van der Waals surface area contributed by atoms with Crippen LogP contribution in [-0.2, 0) is 4.79 Å². The van der Waals surface area contributed by atoms with Crippen molar-refractivity contribution in [1.82, 2.24) is 20.5 Å². The molecule has 84 valence electrons. The number of carbonyl (C=O) groups excluding carboxylic acids is 1. The number of amides is 1. The van der Waals surface area contributed by atoms with Gasteiger partial charge < -0.3 is 11.1 Å². The normalized spacial score (nSPS) is 14.6. The Morgan fingerprint density at radius 1 is 1.73 bits per heavy atom. The van der Waals surface area contributed by atoms with E-state index in [4.69, 9.17) is 5.73 Å². The lowest BCUT2D eigenvalue weighted by molar-refractivity contribution is -0.125. The Morgan fingerprint density at radius 3 is 2.93 bits per heavy atom. The van der Waals surface area contributed by atoms with Crippen LogP contribution in [0.2, 0.25) is 0 Å². The molecule has 0 bridgehead atoms. The van der Waals surface area contributed by atoms with Gasteiger partial charge in [0.25, 0.3) is 0 Å². The minimum atomic E-state index is -0.166. The first-order chi connectivity index (χ1) is 7.19. The molecule has 1 aromatic heterocycles. The van der Waals surface area contributed by atoms with E-state index in [1.807, 2.05) is 13.8 Å². The maximum Gasteiger partial charge on any atom is 0.224 e. The molecule has 1 heterocycles. The molecule has 6 nitrogen and oxygen atoms in total. The summed E-state index contributed by atoms with van der Waals surface area (Å²) in [5.74, 6) is 0.481. The zero-order valence-electron chi connectivity index (χ0n) is 9.03. The Bertz CT molecular complexity index is 293. The number of hydrogen-bond acceptors (Lipinski definition) is 4. The van der Waals surface area contributed by atoms with Gasteiger partial charge in [0.05, 0.1) is 6.04 Å². The monoisotopic (exact) mass is 211 g/mol. The van der Waals surface area contributed by atoms with Crippen molar-refractivity contribution >= 4 is 5.91 Å². The number of aromatic nitrogens is 3. The van der Waals surface area contributed by atoms with Crippen LogP contribution in [0.5, 0.6) is 0 Å². The highest BCUT2D eigenvalue weighted by molar-refractivity contribution is 5.79. The third kappa shape index (κ3) is 3.02. The lowest BCUT2D eigenvalue weighted by Gasteiger charge is -2.16. The summed E-state index contributed by atoms with van der Waals surface area (Å²) < 4.78 is 0. The molecule has 0 aliphatic rings. The molecule has 1 rings (SSSR count). The van der Waals surface area contributed by atoms with Crippen LogP contribution in [0.4, 0.5) is 0 Å². The molecule has 0 aromatic carbocycles. The summed E-state index contributed by atoms with van der Waals surface area (Å²) in [4.78, 5) is 15.6. The Labute approximate surface area is 88.7 Å². The van der Waals surface area contributed by atoms with E-state index < -0.39 is 0 Å². The first-order valence-electron chi connectivity index (χ1n) is 5.04. The number of H-pyrrole nitrogens is 1. The molecule has 4 N–H and O–H groups in total. The fourth-order valence-electron chi connectivity index (χ4n) is 1.28. The molecule has 0 aliphatic carbocycles. The third-order valence-corrected chi connectivity index (χ3v) is 2.35. The number of nitrogens with two attached hydrogens (primary N) is 1. The van der Waals surface area contributed by atoms with E-state index in [9.17, 15) is 4.79 Å². The first-order valence-corrected chi connectivity index (χ1v) is 5.04. The van der Waals surface area contributed by atoms with Gasteiger partial charge in [0.2, 0.25) is 5.91 Å². The molecule has 2 unspecified atom stereocenters. The third-order valence-electron chi connectivity index (χ3n) is 2.35. The molecule has 0 spiro atoms. The van der Waals surface area contributed by atoms with Crippen molar-refractivity contribution in [1.29, 1.82) is 0 Å². The average molecular weight is 211 g/mol. The van der Waals surface area contributed by atoms with E-state index in [0.717, 1.165) is 6.42 Å². The molecule has 0 saturated carbocycles. The summed E-state index contributed by atoms with van der Waals surface area (Å²) in [5.41, 5.74) is 5.48. The van der Waals surface area contributed by atoms with Crippen molar-refractivity contribution in [3.05, 3.63) is 12.2 Å². The molecule has 15 heavy (non-hydrogen) atoms. The van der Waals surface area contributed by atoms with Crippen LogP contribution in [0.3, 0.4) is 0 Å². The van der Waals surface area contributed by atoms with Gasteiger partial charge in [0.1, 0.15) is 12.2 Å². The lowest BCUT2D eigenvalue weighted by Crippen LogP contribution is -2.36. The van der Waals surface area contributed by atoms with Crippen LogP contribution in [0, 0.1) is 5.92 Å². The van der Waals surface area contributed by atoms with Gasteiger partial charge in [0, 0.05) is 12.5 Å². The second kappa shape index (κ2) is 5.45. The summed E-state index contributed by atoms with van der Waals surface area (Å²) in [5, 5.41) is 9.27. The molecular formula is C9H17N5O. The number of hydrogen-bond donors (Lipinski definition) is 3. The predicted molar refractivity (Wildman–Crippen MR) is 55.8 cm³/mol. The zero-order chi connectivity index (χ0) is 11.3. The van der Waals surface area contributed by atoms with Crippen molar-refractivity contribution in [2.24, 2.45) is 11.7 Å². The highest BCUT2D eigenvalue weighted by Gasteiger charge is 2.18. The summed E-state index contributed by atoms with van der Waals surface area (Å²) >= 11 is 0. The molecule has 1 amide bonds. The minimum absolute atomic E-state index is 0.0381. The summed E-state index contributed by atoms with van der Waals surface area (Å²) in [6.45, 7) is 4.16. The molecule has 6 heteroatoms. The number of nitrogens with one attached hydrogen (secondary N) is 2. The molecule has 0 fully saturated rings. The molecule has 2 atom stereocenters. The van der Waals surface area contributed by atoms with E-state index in [1.54, 1.807) is 0 Å². The second-order valence-electron chi connectivity index (χ2n) is 3.44. The summed E-state index contributed by atoms with van der Waals surface area (Å²) in [6, 6.07) is -0.166. The Morgan fingerprint density at radius 2 is 2.47 bits per heavy atom. The van der Waals surface area contributed by atoms with Gasteiger partial charge in [-0.2, -0.15) is 5.10 Å². The fourth-order valence-corrected chi connectivity index (χ4v) is 1.28. The SMILES string of the molecule is CCC(CN)C(=O)NC(C)c1ncn[nH]1. The van der Waals surface area contributed by atoms with Crippen molar-refractivity contribution in [3.63, 3.8) is 0 Å². The Hall–Kier alpha value is -1.43. The molecule has 0 radical (unpaired) electrons. The Kier molecular flexibility index (Phi) is 4.23. The average Bonchev–Trinajstić information content (AvgIpc) is 2.72. The molecule has 0 saturated heterocycles. The van der Waals surface area contributed by atoms with Crippen molar-refractivity contribution in [2.45, 2.75) is 26.3 Å². The van der Waals surface area contributed by atoms with Crippen molar-refractivity contribution in [2.75, 3.05) is 6.54 Å². The highest BCUT2D eigenvalue weighted by Crippen LogP contribution is 2.07. The van der Waals surface area contributed by atoms with Crippen LogP contribution < -0.4 is 11.1 Å². The van der Waals surface area contributed by atoms with Gasteiger partial charge >= 0.3 is 0 Å². The van der Waals surface area contributed by atoms with Crippen LogP contribution in [0.15, 0.2) is 6.33 Å². The van der Waals surface area contributed by atoms with Crippen LogP contribution in [-0.4, -0.2) is 27.6 Å². The van der Waals surface area contributed by atoms with Crippen molar-refractivity contribution in [3.8, 4) is 0 Å². The molecular weight excluding hydrogens is 194 g/mol. The van der Waals surface area contributed by atoms with Crippen LogP contribution in [0.1, 0.15) is 32.1 Å². The number of aromatic amines is 1. The van der Waals surface area contributed by atoms with E-state index in [1.165, 1.54) is 6.33 Å². The number of rotatable bonds is 5. The van der Waals surface area contributed by atoms with Gasteiger partial charge in [-0.25, -0.2) is 4.98 Å². The first kappa shape index (κ1) is 11.6. The second-order valence-corrected chi connectivity index (χ2v) is 3.44. The van der Waals surface area contributed by atoms with Crippen molar-refractivity contribution < 1.29 is 4.79 Å². The topological polar surface area (TPSA) is 96.7 Å². The standard InChI is InChI=1S/C9H17N5O/c1-3-7(4-10)9(15)13-6(2)8-11-5-12-14-8/h5-7H,3-4,10H2,1-2H3,(H,13,15)(H,11,12,14). The smallest absolute Gasteiger partial charge is 0.224 e. The van der Waals surface area contributed by atoms with Gasteiger partial charge in [-0.05, 0) is 13.3 Å². The van der Waals surface area contributed by atoms with Gasteiger partial charge in [-0.3, -0.25) is 9.89 Å². The quantitative estimate of drug-likeness (QED) is 0.637. The minimum Gasteiger partial charge on any atom is -0.346 e. The fraction of sp³-hybridized carbons (Fsp3) is 0.667. The lowest BCUT2D eigenvalue weighted by atomic mass is 10.1. The zero-order valence-corrected chi connectivity index (χ0v) is 9.03. The summed E-state index contributed by atoms with van der Waals surface area (Å²) in [6.07, 6.45) is 2.16. The number of nitrogens with zero attached hydrogens (tertiary/aromatic N) is 2. The van der Waals surface area contributed by atoms with E-state index in [0.29, 0.717) is 12.4 Å². The summed E-state index contributed by atoms with van der Waals surface area (Å²) in [7, 11) is 0. The highest BCUT2D eigenvalue weighted by atomic mass is 16.1. The van der Waals surface area contributed by atoms with Crippen LogP contribution in [0.25, 0.3) is 0 Å². The van der Waals surface area contributed by atoms with E-state index in [-0.39, 0.29) is 17.9 Å². The van der Waals surface area contributed by atoms with E-state index >= 15 is 0 Å². The van der Waals surface area contributed by atoms with Crippen LogP contribution >= 0.6 is 0 Å². The maximum atomic E-state index is 11.7. The van der Waals surface area contributed by atoms with Gasteiger partial charge in [-0.1, -0.05) is 6.92 Å². The molecule has 0 aliphatic heterocycles. The largest absolute Gasteiger partial charge is 0.346 e.